The van der Waals surface area contributed by atoms with Crippen molar-refractivity contribution in [2.24, 2.45) is 0 Å². The molecule has 0 spiro atoms. The average Bonchev–Trinajstić information content (AvgIpc) is 3.03. The smallest absolute Gasteiger partial charge is 0.312 e. The summed E-state index contributed by atoms with van der Waals surface area (Å²) in [5, 5.41) is 2.75. The minimum Gasteiger partial charge on any atom is -0.348 e. The molecule has 1 unspecified atom stereocenters. The number of nitrogens with zero attached hydrogens (tertiary/aromatic N) is 2. The lowest BCUT2D eigenvalue weighted by molar-refractivity contribution is -0.148. The Morgan fingerprint density at radius 2 is 2.11 bits per heavy atom. The highest BCUT2D eigenvalue weighted by atomic mass is 16.2. The molecule has 1 N–H and O–H groups in total. The van der Waals surface area contributed by atoms with Gasteiger partial charge in [0, 0.05) is 31.0 Å². The SMILES string of the molecule is CC1c2cccn2CCN1C(=O)C(=O)NC1CC1. The number of amides is 2. The van der Waals surface area contributed by atoms with Crippen molar-refractivity contribution in [2.45, 2.75) is 38.4 Å². The number of hydrogen-bond donors (Lipinski definition) is 1. The van der Waals surface area contributed by atoms with Crippen LogP contribution in [-0.4, -0.2) is 33.9 Å². The molecule has 2 aliphatic rings. The maximum atomic E-state index is 12.1. The minimum atomic E-state index is -0.454. The minimum absolute atomic E-state index is 0.0359. The summed E-state index contributed by atoms with van der Waals surface area (Å²) in [7, 11) is 0. The fourth-order valence-corrected chi connectivity index (χ4v) is 2.46. The van der Waals surface area contributed by atoms with Gasteiger partial charge in [0.1, 0.15) is 0 Å². The Hall–Kier alpha value is -1.78. The summed E-state index contributed by atoms with van der Waals surface area (Å²) in [6.07, 6.45) is 4.01. The first kappa shape index (κ1) is 11.3. The fourth-order valence-electron chi connectivity index (χ4n) is 2.46. The molecular weight excluding hydrogens is 230 g/mol. The third-order valence-corrected chi connectivity index (χ3v) is 3.71. The van der Waals surface area contributed by atoms with Crippen molar-refractivity contribution in [3.05, 3.63) is 24.0 Å². The Morgan fingerprint density at radius 3 is 2.83 bits per heavy atom. The second-order valence-electron chi connectivity index (χ2n) is 5.05. The van der Waals surface area contributed by atoms with Gasteiger partial charge in [-0.2, -0.15) is 0 Å². The van der Waals surface area contributed by atoms with Gasteiger partial charge in [0.25, 0.3) is 0 Å². The molecule has 1 aromatic rings. The van der Waals surface area contributed by atoms with Gasteiger partial charge < -0.3 is 14.8 Å². The van der Waals surface area contributed by atoms with Crippen molar-refractivity contribution >= 4 is 11.8 Å². The summed E-state index contributed by atoms with van der Waals surface area (Å²) in [6.45, 7) is 3.32. The Labute approximate surface area is 106 Å². The van der Waals surface area contributed by atoms with E-state index in [1.807, 2.05) is 25.3 Å². The van der Waals surface area contributed by atoms with E-state index in [-0.39, 0.29) is 12.1 Å². The van der Waals surface area contributed by atoms with Gasteiger partial charge in [0.05, 0.1) is 6.04 Å². The lowest BCUT2D eigenvalue weighted by Gasteiger charge is -2.34. The zero-order valence-corrected chi connectivity index (χ0v) is 10.4. The van der Waals surface area contributed by atoms with E-state index >= 15 is 0 Å². The van der Waals surface area contributed by atoms with Crippen LogP contribution in [0.3, 0.4) is 0 Å². The van der Waals surface area contributed by atoms with Crippen LogP contribution in [0.1, 0.15) is 31.5 Å². The second kappa shape index (κ2) is 4.15. The van der Waals surface area contributed by atoms with Crippen molar-refractivity contribution < 1.29 is 9.59 Å². The number of fused-ring (bicyclic) bond motifs is 1. The monoisotopic (exact) mass is 247 g/mol. The van der Waals surface area contributed by atoms with Gasteiger partial charge in [-0.3, -0.25) is 9.59 Å². The molecular formula is C13H17N3O2. The van der Waals surface area contributed by atoms with E-state index < -0.39 is 11.8 Å². The summed E-state index contributed by atoms with van der Waals surface area (Å²) in [5.41, 5.74) is 1.09. The molecule has 0 radical (unpaired) electrons. The summed E-state index contributed by atoms with van der Waals surface area (Å²) in [4.78, 5) is 25.5. The Bertz CT molecular complexity index is 490. The average molecular weight is 247 g/mol. The molecule has 2 amide bonds. The van der Waals surface area contributed by atoms with E-state index in [9.17, 15) is 9.59 Å². The van der Waals surface area contributed by atoms with Crippen molar-refractivity contribution in [1.29, 1.82) is 0 Å². The summed E-state index contributed by atoms with van der Waals surface area (Å²) >= 11 is 0. The Kier molecular flexibility index (Phi) is 2.61. The van der Waals surface area contributed by atoms with Crippen LogP contribution in [0.2, 0.25) is 0 Å². The molecule has 1 saturated carbocycles. The highest BCUT2D eigenvalue weighted by Gasteiger charge is 2.33. The molecule has 0 saturated heterocycles. The molecule has 1 aliphatic heterocycles. The Morgan fingerprint density at radius 1 is 1.33 bits per heavy atom. The van der Waals surface area contributed by atoms with Gasteiger partial charge >= 0.3 is 11.8 Å². The number of carbonyl (C=O) groups excluding carboxylic acids is 2. The summed E-state index contributed by atoms with van der Waals surface area (Å²) < 4.78 is 2.13. The molecule has 0 bridgehead atoms. The van der Waals surface area contributed by atoms with Crippen LogP contribution in [0.4, 0.5) is 0 Å². The predicted octanol–water partition coefficient (Wildman–Crippen LogP) is 0.670. The molecule has 1 aromatic heterocycles. The first-order valence-electron chi connectivity index (χ1n) is 6.43. The van der Waals surface area contributed by atoms with Crippen LogP contribution in [0, 0.1) is 0 Å². The van der Waals surface area contributed by atoms with Crippen LogP contribution in [0.5, 0.6) is 0 Å². The van der Waals surface area contributed by atoms with E-state index in [0.717, 1.165) is 25.1 Å². The first-order chi connectivity index (χ1) is 8.66. The van der Waals surface area contributed by atoms with E-state index in [1.54, 1.807) is 4.90 Å². The van der Waals surface area contributed by atoms with Gasteiger partial charge in [-0.05, 0) is 31.9 Å². The molecule has 1 atom stereocenters. The maximum absolute atomic E-state index is 12.1. The standard InChI is InChI=1S/C13H17N3O2/c1-9-11-3-2-6-15(11)7-8-16(9)13(18)12(17)14-10-4-5-10/h2-3,6,9-10H,4-5,7-8H2,1H3,(H,14,17). The number of rotatable bonds is 1. The first-order valence-corrected chi connectivity index (χ1v) is 6.43. The highest BCUT2D eigenvalue weighted by Crippen LogP contribution is 2.25. The van der Waals surface area contributed by atoms with Crippen LogP contribution in [0.15, 0.2) is 18.3 Å². The van der Waals surface area contributed by atoms with E-state index in [1.165, 1.54) is 0 Å². The van der Waals surface area contributed by atoms with Crippen molar-refractivity contribution in [3.63, 3.8) is 0 Å². The normalized spacial score (nSPS) is 22.5. The lowest BCUT2D eigenvalue weighted by atomic mass is 10.1. The van der Waals surface area contributed by atoms with E-state index in [0.29, 0.717) is 6.54 Å². The third-order valence-electron chi connectivity index (χ3n) is 3.71. The molecule has 5 nitrogen and oxygen atoms in total. The fraction of sp³-hybridized carbons (Fsp3) is 0.538. The van der Waals surface area contributed by atoms with Crippen molar-refractivity contribution in [1.82, 2.24) is 14.8 Å². The number of aromatic nitrogens is 1. The number of nitrogens with one attached hydrogen (secondary N) is 1. The molecule has 3 rings (SSSR count). The summed E-state index contributed by atoms with van der Waals surface area (Å²) in [5.74, 6) is -0.855. The number of carbonyl (C=O) groups is 2. The topological polar surface area (TPSA) is 54.3 Å². The van der Waals surface area contributed by atoms with E-state index in [4.69, 9.17) is 0 Å². The van der Waals surface area contributed by atoms with Gasteiger partial charge in [-0.25, -0.2) is 0 Å². The third kappa shape index (κ3) is 1.89. The van der Waals surface area contributed by atoms with Crippen LogP contribution < -0.4 is 5.32 Å². The van der Waals surface area contributed by atoms with Gasteiger partial charge in [-0.15, -0.1) is 0 Å². The van der Waals surface area contributed by atoms with Gasteiger partial charge in [0.15, 0.2) is 0 Å². The zero-order chi connectivity index (χ0) is 12.7. The predicted molar refractivity (Wildman–Crippen MR) is 65.7 cm³/mol. The Balaban J connectivity index is 1.73. The van der Waals surface area contributed by atoms with Crippen LogP contribution in [0.25, 0.3) is 0 Å². The zero-order valence-electron chi connectivity index (χ0n) is 10.4. The maximum Gasteiger partial charge on any atom is 0.312 e. The summed E-state index contributed by atoms with van der Waals surface area (Å²) in [6, 6.07) is 4.17. The quantitative estimate of drug-likeness (QED) is 0.742. The molecule has 1 aliphatic carbocycles. The molecule has 96 valence electrons. The van der Waals surface area contributed by atoms with Crippen molar-refractivity contribution in [2.75, 3.05) is 6.54 Å². The molecule has 2 heterocycles. The largest absolute Gasteiger partial charge is 0.348 e. The van der Waals surface area contributed by atoms with Gasteiger partial charge in [-0.1, -0.05) is 0 Å². The molecule has 5 heteroatoms. The van der Waals surface area contributed by atoms with Crippen LogP contribution in [-0.2, 0) is 16.1 Å². The highest BCUT2D eigenvalue weighted by molar-refractivity contribution is 6.35. The van der Waals surface area contributed by atoms with Gasteiger partial charge in [0.2, 0.25) is 0 Å². The van der Waals surface area contributed by atoms with Crippen LogP contribution >= 0.6 is 0 Å². The molecule has 18 heavy (non-hydrogen) atoms. The number of hydrogen-bond acceptors (Lipinski definition) is 2. The van der Waals surface area contributed by atoms with E-state index in [2.05, 4.69) is 9.88 Å². The molecule has 0 aromatic carbocycles. The second-order valence-corrected chi connectivity index (χ2v) is 5.05. The van der Waals surface area contributed by atoms with Crippen molar-refractivity contribution in [3.8, 4) is 0 Å². The molecule has 1 fully saturated rings. The lowest BCUT2D eigenvalue weighted by Crippen LogP contribution is -2.48.